The van der Waals surface area contributed by atoms with Crippen molar-refractivity contribution in [3.63, 3.8) is 0 Å². The molecule has 0 unspecified atom stereocenters. The van der Waals surface area contributed by atoms with Crippen LogP contribution in [0.5, 0.6) is 0 Å². The number of anilines is 2. The molecule has 116 valence electrons. The van der Waals surface area contributed by atoms with Gasteiger partial charge in [-0.15, -0.1) is 0 Å². The maximum absolute atomic E-state index is 11.9. The van der Waals surface area contributed by atoms with Gasteiger partial charge in [-0.2, -0.15) is 0 Å². The number of para-hydroxylation sites is 1. The molecule has 1 N–H and O–H groups in total. The van der Waals surface area contributed by atoms with Gasteiger partial charge < -0.3 is 14.7 Å². The van der Waals surface area contributed by atoms with Crippen molar-refractivity contribution in [2.24, 2.45) is 0 Å². The van der Waals surface area contributed by atoms with Gasteiger partial charge in [0.05, 0.1) is 10.7 Å². The van der Waals surface area contributed by atoms with E-state index in [-0.39, 0.29) is 24.8 Å². The van der Waals surface area contributed by atoms with Gasteiger partial charge in [0.25, 0.3) is 0 Å². The number of aryl methyl sites for hydroxylation is 1. The zero-order valence-electron chi connectivity index (χ0n) is 12.3. The predicted molar refractivity (Wildman–Crippen MR) is 84.0 cm³/mol. The summed E-state index contributed by atoms with van der Waals surface area (Å²) >= 11 is 6.09. The molecule has 0 aliphatic heterocycles. The Kier molecular flexibility index (Phi) is 5.16. The van der Waals surface area contributed by atoms with E-state index in [2.05, 4.69) is 10.5 Å². The molecule has 1 heterocycles. The molecule has 0 radical (unpaired) electrons. The highest BCUT2D eigenvalue weighted by molar-refractivity contribution is 6.33. The Balaban J connectivity index is 1.99. The van der Waals surface area contributed by atoms with Crippen LogP contribution >= 0.6 is 11.6 Å². The van der Waals surface area contributed by atoms with E-state index < -0.39 is 0 Å². The smallest absolute Gasteiger partial charge is 0.227 e. The molecule has 2 aromatic rings. The summed E-state index contributed by atoms with van der Waals surface area (Å²) in [4.78, 5) is 25.1. The van der Waals surface area contributed by atoms with E-state index in [0.717, 1.165) is 0 Å². The quantitative estimate of drug-likeness (QED) is 0.918. The molecular weight excluding hydrogens is 306 g/mol. The molecule has 0 aliphatic rings. The van der Waals surface area contributed by atoms with Crippen molar-refractivity contribution >= 4 is 34.9 Å². The van der Waals surface area contributed by atoms with E-state index in [0.29, 0.717) is 22.3 Å². The minimum absolute atomic E-state index is 0.122. The lowest BCUT2D eigenvalue weighted by Gasteiger charge is -2.21. The van der Waals surface area contributed by atoms with Crippen molar-refractivity contribution in [3.8, 4) is 0 Å². The van der Waals surface area contributed by atoms with Gasteiger partial charge in [0.15, 0.2) is 5.82 Å². The molecule has 0 atom stereocenters. The van der Waals surface area contributed by atoms with Crippen molar-refractivity contribution in [1.82, 2.24) is 5.16 Å². The number of amides is 2. The topological polar surface area (TPSA) is 75.4 Å². The second kappa shape index (κ2) is 7.09. The van der Waals surface area contributed by atoms with Gasteiger partial charge in [-0.1, -0.05) is 28.9 Å². The van der Waals surface area contributed by atoms with Crippen molar-refractivity contribution in [2.45, 2.75) is 20.3 Å². The molecule has 0 fully saturated rings. The fraction of sp³-hybridized carbons (Fsp3) is 0.267. The molecule has 6 nitrogen and oxygen atoms in total. The Morgan fingerprint density at radius 1 is 1.36 bits per heavy atom. The van der Waals surface area contributed by atoms with E-state index >= 15 is 0 Å². The highest BCUT2D eigenvalue weighted by atomic mass is 35.5. The number of aromatic nitrogens is 1. The number of rotatable bonds is 5. The van der Waals surface area contributed by atoms with Crippen molar-refractivity contribution in [1.29, 1.82) is 0 Å². The molecule has 7 heteroatoms. The fourth-order valence-corrected chi connectivity index (χ4v) is 2.20. The molecule has 22 heavy (non-hydrogen) atoms. The second-order valence-corrected chi connectivity index (χ2v) is 5.15. The number of benzene rings is 1. The molecule has 1 aromatic carbocycles. The van der Waals surface area contributed by atoms with Crippen LogP contribution in [0.3, 0.4) is 0 Å². The minimum Gasteiger partial charge on any atom is -0.360 e. The van der Waals surface area contributed by atoms with Crippen LogP contribution in [-0.2, 0) is 9.59 Å². The van der Waals surface area contributed by atoms with Crippen LogP contribution in [0.1, 0.15) is 19.1 Å². The molecule has 0 bridgehead atoms. The summed E-state index contributed by atoms with van der Waals surface area (Å²) in [6, 6.07) is 8.63. The summed E-state index contributed by atoms with van der Waals surface area (Å²) in [6.45, 7) is 3.39. The summed E-state index contributed by atoms with van der Waals surface area (Å²) in [7, 11) is 0. The molecule has 2 amide bonds. The number of nitrogens with zero attached hydrogens (tertiary/aromatic N) is 2. The summed E-state index contributed by atoms with van der Waals surface area (Å²) in [5, 5.41) is 6.75. The first-order valence-electron chi connectivity index (χ1n) is 6.73. The van der Waals surface area contributed by atoms with E-state index in [1.54, 1.807) is 37.3 Å². The number of carbonyl (C=O) groups excluding carboxylic acids is 2. The maximum Gasteiger partial charge on any atom is 0.227 e. The lowest BCUT2D eigenvalue weighted by atomic mass is 10.2. The first-order chi connectivity index (χ1) is 10.5. The van der Waals surface area contributed by atoms with Gasteiger partial charge in [0.1, 0.15) is 5.76 Å². The van der Waals surface area contributed by atoms with E-state index in [1.165, 1.54) is 11.8 Å². The largest absolute Gasteiger partial charge is 0.360 e. The van der Waals surface area contributed by atoms with Crippen LogP contribution in [-0.4, -0.2) is 23.5 Å². The van der Waals surface area contributed by atoms with Gasteiger partial charge in [-0.3, -0.25) is 9.59 Å². The zero-order chi connectivity index (χ0) is 16.1. The molecule has 2 rings (SSSR count). The van der Waals surface area contributed by atoms with Crippen LogP contribution in [0.2, 0.25) is 5.02 Å². The number of nitrogens with one attached hydrogen (secondary N) is 1. The van der Waals surface area contributed by atoms with Crippen LogP contribution in [0, 0.1) is 6.92 Å². The van der Waals surface area contributed by atoms with Gasteiger partial charge in [-0.25, -0.2) is 0 Å². The van der Waals surface area contributed by atoms with Gasteiger partial charge in [-0.05, 0) is 19.1 Å². The van der Waals surface area contributed by atoms with Gasteiger partial charge in [0.2, 0.25) is 11.8 Å². The Labute approximate surface area is 133 Å². The molecule has 1 aromatic heterocycles. The van der Waals surface area contributed by atoms with E-state index in [4.69, 9.17) is 16.1 Å². The zero-order valence-corrected chi connectivity index (χ0v) is 13.1. The van der Waals surface area contributed by atoms with Crippen molar-refractivity contribution in [3.05, 3.63) is 41.1 Å². The van der Waals surface area contributed by atoms with Crippen LogP contribution < -0.4 is 10.2 Å². The predicted octanol–water partition coefficient (Wildman–Crippen LogP) is 3.02. The number of hydrogen-bond donors (Lipinski definition) is 1. The highest BCUT2D eigenvalue weighted by Crippen LogP contribution is 2.25. The number of hydrogen-bond acceptors (Lipinski definition) is 4. The maximum atomic E-state index is 11.9. The Bertz CT molecular complexity index is 684. The lowest BCUT2D eigenvalue weighted by molar-refractivity contribution is -0.117. The molecule has 0 saturated heterocycles. The van der Waals surface area contributed by atoms with Gasteiger partial charge in [0, 0.05) is 26.0 Å². The summed E-state index contributed by atoms with van der Waals surface area (Å²) in [5.41, 5.74) is 0.585. The molecule has 0 saturated carbocycles. The van der Waals surface area contributed by atoms with E-state index in [9.17, 15) is 9.59 Å². The Morgan fingerprint density at radius 2 is 2.09 bits per heavy atom. The van der Waals surface area contributed by atoms with Crippen LogP contribution in [0.15, 0.2) is 34.9 Å². The first-order valence-corrected chi connectivity index (χ1v) is 7.11. The number of carbonyl (C=O) groups is 2. The average molecular weight is 322 g/mol. The van der Waals surface area contributed by atoms with Crippen LogP contribution in [0.25, 0.3) is 0 Å². The third-order valence-electron chi connectivity index (χ3n) is 2.98. The SMILES string of the molecule is CC(=O)N(CCC(=O)Nc1cc(C)on1)c1ccccc1Cl. The van der Waals surface area contributed by atoms with Crippen LogP contribution in [0.4, 0.5) is 11.5 Å². The first kappa shape index (κ1) is 16.0. The molecular formula is C15H16ClN3O3. The average Bonchev–Trinajstić information content (AvgIpc) is 2.85. The standard InChI is InChI=1S/C15H16ClN3O3/c1-10-9-14(18-22-10)17-15(21)7-8-19(11(2)20)13-6-4-3-5-12(13)16/h3-6,9H,7-8H2,1-2H3,(H,17,18,21). The highest BCUT2D eigenvalue weighted by Gasteiger charge is 2.16. The third kappa shape index (κ3) is 4.08. The van der Waals surface area contributed by atoms with Crippen molar-refractivity contribution < 1.29 is 14.1 Å². The third-order valence-corrected chi connectivity index (χ3v) is 3.30. The Morgan fingerprint density at radius 3 is 2.68 bits per heavy atom. The van der Waals surface area contributed by atoms with Gasteiger partial charge >= 0.3 is 0 Å². The summed E-state index contributed by atoms with van der Waals surface area (Å²) in [5.74, 6) is 0.524. The normalized spacial score (nSPS) is 10.3. The summed E-state index contributed by atoms with van der Waals surface area (Å²) in [6.07, 6.45) is 0.122. The Hall–Kier alpha value is -2.34. The lowest BCUT2D eigenvalue weighted by Crippen LogP contribution is -2.32. The monoisotopic (exact) mass is 321 g/mol. The number of halogens is 1. The van der Waals surface area contributed by atoms with E-state index in [1.807, 2.05) is 0 Å². The minimum atomic E-state index is -0.258. The molecule has 0 aliphatic carbocycles. The fourth-order valence-electron chi connectivity index (χ4n) is 1.96. The molecule has 0 spiro atoms. The van der Waals surface area contributed by atoms with Crippen molar-refractivity contribution in [2.75, 3.05) is 16.8 Å². The summed E-state index contributed by atoms with van der Waals surface area (Å²) < 4.78 is 4.87. The second-order valence-electron chi connectivity index (χ2n) is 4.74.